The molecule has 0 unspecified atom stereocenters. The summed E-state index contributed by atoms with van der Waals surface area (Å²) in [6, 6.07) is 18.8. The van der Waals surface area contributed by atoms with Gasteiger partial charge in [-0.2, -0.15) is 5.10 Å². The van der Waals surface area contributed by atoms with Crippen LogP contribution < -0.4 is 5.32 Å². The van der Waals surface area contributed by atoms with Crippen molar-refractivity contribution < 1.29 is 19.1 Å². The van der Waals surface area contributed by atoms with Crippen LogP contribution >= 0.6 is 0 Å². The molecule has 0 saturated carbocycles. The van der Waals surface area contributed by atoms with Crippen molar-refractivity contribution in [2.45, 2.75) is 0 Å². The lowest BCUT2D eigenvalue weighted by atomic mass is 10.1. The van der Waals surface area contributed by atoms with E-state index in [9.17, 15) is 9.59 Å². The minimum atomic E-state index is -0.608. The number of methoxy groups -OCH3 is 1. The highest BCUT2D eigenvalue weighted by Gasteiger charge is 2.20. The van der Waals surface area contributed by atoms with E-state index >= 15 is 0 Å². The molecule has 1 amide bonds. The van der Waals surface area contributed by atoms with Crippen LogP contribution in [0.5, 0.6) is 0 Å². The molecule has 2 aromatic carbocycles. The van der Waals surface area contributed by atoms with E-state index < -0.39 is 5.97 Å². The molecule has 0 atom stereocenters. The summed E-state index contributed by atoms with van der Waals surface area (Å²) in [5, 5.41) is 7.16. The first-order chi connectivity index (χ1) is 13.7. The lowest BCUT2D eigenvalue weighted by Gasteiger charge is -2.06. The van der Waals surface area contributed by atoms with E-state index in [0.29, 0.717) is 24.4 Å². The maximum Gasteiger partial charge on any atom is 0.342 e. The number of benzene rings is 2. The predicted molar refractivity (Wildman–Crippen MR) is 104 cm³/mol. The van der Waals surface area contributed by atoms with Gasteiger partial charge in [0.15, 0.2) is 6.61 Å². The van der Waals surface area contributed by atoms with Gasteiger partial charge in [0.2, 0.25) is 0 Å². The van der Waals surface area contributed by atoms with Gasteiger partial charge in [-0.05, 0) is 12.1 Å². The average molecular weight is 379 g/mol. The summed E-state index contributed by atoms with van der Waals surface area (Å²) in [6.07, 6.45) is 1.61. The van der Waals surface area contributed by atoms with Gasteiger partial charge >= 0.3 is 5.97 Å². The summed E-state index contributed by atoms with van der Waals surface area (Å²) < 4.78 is 11.7. The van der Waals surface area contributed by atoms with Crippen LogP contribution in [0.1, 0.15) is 10.4 Å². The highest BCUT2D eigenvalue weighted by atomic mass is 16.5. The standard InChI is InChI=1S/C21H21N3O4/c1-27-13-12-22-19(25)15-28-21(26)18-14-24(17-10-6-3-7-11-17)23-20(18)16-8-4-2-5-9-16/h2-11,14H,12-13,15H2,1H3,(H,22,25). The SMILES string of the molecule is COCCNC(=O)COC(=O)c1cn(-c2ccccc2)nc1-c1ccccc1. The Labute approximate surface area is 162 Å². The fourth-order valence-electron chi connectivity index (χ4n) is 2.60. The fourth-order valence-corrected chi connectivity index (χ4v) is 2.60. The van der Waals surface area contributed by atoms with Crippen molar-refractivity contribution in [3.05, 3.63) is 72.4 Å². The van der Waals surface area contributed by atoms with Crippen molar-refractivity contribution in [3.63, 3.8) is 0 Å². The third-order valence-electron chi connectivity index (χ3n) is 3.96. The van der Waals surface area contributed by atoms with Crippen molar-refractivity contribution in [3.8, 4) is 16.9 Å². The van der Waals surface area contributed by atoms with Gasteiger partial charge in [-0.15, -0.1) is 0 Å². The Morgan fingerprint density at radius 1 is 1.04 bits per heavy atom. The van der Waals surface area contributed by atoms with E-state index in [-0.39, 0.29) is 12.5 Å². The highest BCUT2D eigenvalue weighted by molar-refractivity contribution is 5.97. The lowest BCUT2D eigenvalue weighted by Crippen LogP contribution is -2.31. The molecule has 0 spiro atoms. The zero-order valence-electron chi connectivity index (χ0n) is 15.5. The first-order valence-corrected chi connectivity index (χ1v) is 8.82. The van der Waals surface area contributed by atoms with Gasteiger partial charge in [0.05, 0.1) is 12.3 Å². The summed E-state index contributed by atoms with van der Waals surface area (Å²) in [7, 11) is 1.54. The normalized spacial score (nSPS) is 10.5. The number of carbonyl (C=O) groups excluding carboxylic acids is 2. The van der Waals surface area contributed by atoms with E-state index in [0.717, 1.165) is 11.3 Å². The Kier molecular flexibility index (Phi) is 6.54. The van der Waals surface area contributed by atoms with Crippen LogP contribution in [0.15, 0.2) is 66.9 Å². The van der Waals surface area contributed by atoms with Gasteiger partial charge in [-0.3, -0.25) is 4.79 Å². The maximum atomic E-state index is 12.6. The molecule has 0 aliphatic rings. The summed E-state index contributed by atoms with van der Waals surface area (Å²) >= 11 is 0. The molecule has 0 bridgehead atoms. The van der Waals surface area contributed by atoms with Crippen LogP contribution in [0, 0.1) is 0 Å². The molecule has 1 N–H and O–H groups in total. The first-order valence-electron chi connectivity index (χ1n) is 8.82. The second kappa shape index (κ2) is 9.48. The molecule has 3 rings (SSSR count). The molecular weight excluding hydrogens is 358 g/mol. The van der Waals surface area contributed by atoms with Crippen molar-refractivity contribution in [2.24, 2.45) is 0 Å². The van der Waals surface area contributed by atoms with Gasteiger partial charge in [0, 0.05) is 25.4 Å². The molecule has 1 aromatic heterocycles. The van der Waals surface area contributed by atoms with Crippen molar-refractivity contribution in [1.29, 1.82) is 0 Å². The summed E-state index contributed by atoms with van der Waals surface area (Å²) in [5.41, 5.74) is 2.39. The van der Waals surface area contributed by atoms with E-state index in [4.69, 9.17) is 9.47 Å². The molecule has 1 heterocycles. The number of amides is 1. The van der Waals surface area contributed by atoms with E-state index in [2.05, 4.69) is 10.4 Å². The minimum Gasteiger partial charge on any atom is -0.452 e. The number of aromatic nitrogens is 2. The minimum absolute atomic E-state index is 0.291. The quantitative estimate of drug-likeness (QED) is 0.480. The molecule has 0 fully saturated rings. The zero-order chi connectivity index (χ0) is 19.8. The Hall–Kier alpha value is -3.45. The van der Waals surface area contributed by atoms with Crippen LogP contribution in [-0.2, 0) is 14.3 Å². The molecule has 0 aliphatic carbocycles. The summed E-state index contributed by atoms with van der Waals surface area (Å²) in [6.45, 7) is 0.378. The number of nitrogens with zero attached hydrogens (tertiary/aromatic N) is 2. The molecule has 0 radical (unpaired) electrons. The fraction of sp³-hybridized carbons (Fsp3) is 0.190. The smallest absolute Gasteiger partial charge is 0.342 e. The topological polar surface area (TPSA) is 82.5 Å². The van der Waals surface area contributed by atoms with Crippen LogP contribution in [0.2, 0.25) is 0 Å². The predicted octanol–water partition coefficient (Wildman–Crippen LogP) is 2.46. The molecular formula is C21H21N3O4. The summed E-state index contributed by atoms with van der Waals surface area (Å²) in [4.78, 5) is 24.4. The Bertz CT molecular complexity index is 923. The van der Waals surface area contributed by atoms with E-state index in [1.165, 1.54) is 0 Å². The Balaban J connectivity index is 1.81. The number of hydrogen-bond donors (Lipinski definition) is 1. The van der Waals surface area contributed by atoms with E-state index in [1.807, 2.05) is 60.7 Å². The van der Waals surface area contributed by atoms with Crippen molar-refractivity contribution >= 4 is 11.9 Å². The number of esters is 1. The molecule has 28 heavy (non-hydrogen) atoms. The molecule has 0 saturated heterocycles. The van der Waals surface area contributed by atoms with Crippen LogP contribution in [-0.4, -0.2) is 48.5 Å². The van der Waals surface area contributed by atoms with Crippen LogP contribution in [0.3, 0.4) is 0 Å². The largest absolute Gasteiger partial charge is 0.452 e. The van der Waals surface area contributed by atoms with Gasteiger partial charge < -0.3 is 14.8 Å². The third-order valence-corrected chi connectivity index (χ3v) is 3.96. The van der Waals surface area contributed by atoms with Crippen molar-refractivity contribution in [2.75, 3.05) is 26.9 Å². The number of ether oxygens (including phenoxy) is 2. The monoisotopic (exact) mass is 379 g/mol. The first kappa shape index (κ1) is 19.3. The Morgan fingerprint density at radius 2 is 1.71 bits per heavy atom. The second-order valence-electron chi connectivity index (χ2n) is 5.96. The molecule has 144 valence electrons. The lowest BCUT2D eigenvalue weighted by molar-refractivity contribution is -0.124. The third kappa shape index (κ3) is 4.83. The van der Waals surface area contributed by atoms with Crippen LogP contribution in [0.25, 0.3) is 16.9 Å². The average Bonchev–Trinajstić information content (AvgIpc) is 3.19. The number of carbonyl (C=O) groups is 2. The molecule has 7 nitrogen and oxygen atoms in total. The molecule has 3 aromatic rings. The maximum absolute atomic E-state index is 12.6. The van der Waals surface area contributed by atoms with Crippen molar-refractivity contribution in [1.82, 2.24) is 15.1 Å². The number of para-hydroxylation sites is 1. The van der Waals surface area contributed by atoms with Gasteiger partial charge in [0.25, 0.3) is 5.91 Å². The van der Waals surface area contributed by atoms with Gasteiger partial charge in [-0.1, -0.05) is 48.5 Å². The second-order valence-corrected chi connectivity index (χ2v) is 5.96. The number of rotatable bonds is 8. The highest BCUT2D eigenvalue weighted by Crippen LogP contribution is 2.24. The van der Waals surface area contributed by atoms with Crippen LogP contribution in [0.4, 0.5) is 0 Å². The number of hydrogen-bond acceptors (Lipinski definition) is 5. The Morgan fingerprint density at radius 3 is 2.39 bits per heavy atom. The van der Waals surface area contributed by atoms with Gasteiger partial charge in [-0.25, -0.2) is 9.48 Å². The zero-order valence-corrected chi connectivity index (χ0v) is 15.5. The molecule has 7 heteroatoms. The van der Waals surface area contributed by atoms with E-state index in [1.54, 1.807) is 18.0 Å². The number of nitrogens with one attached hydrogen (secondary N) is 1. The van der Waals surface area contributed by atoms with Gasteiger partial charge in [0.1, 0.15) is 11.3 Å². The summed E-state index contributed by atoms with van der Waals surface area (Å²) in [5.74, 6) is -0.995. The molecule has 0 aliphatic heterocycles.